The van der Waals surface area contributed by atoms with E-state index in [9.17, 15) is 5.11 Å². The number of hydrogen-bond acceptors (Lipinski definition) is 2. The number of furan rings is 1. The number of rotatable bonds is 2. The summed E-state index contributed by atoms with van der Waals surface area (Å²) in [7, 11) is 0. The van der Waals surface area contributed by atoms with Gasteiger partial charge in [-0.05, 0) is 31.5 Å². The molecule has 0 aromatic carbocycles. The molecule has 0 amide bonds. The first-order chi connectivity index (χ1) is 5.61. The van der Waals surface area contributed by atoms with E-state index in [4.69, 9.17) is 16.0 Å². The Labute approximate surface area is 76.5 Å². The fraction of sp³-hybridized carbons (Fsp3) is 0.333. The quantitative estimate of drug-likeness (QED) is 0.721. The lowest BCUT2D eigenvalue weighted by Gasteiger charge is -2.02. The maximum Gasteiger partial charge on any atom is 0.199 e. The van der Waals surface area contributed by atoms with Crippen molar-refractivity contribution in [3.05, 3.63) is 34.8 Å². The van der Waals surface area contributed by atoms with Crippen LogP contribution < -0.4 is 0 Å². The zero-order valence-corrected chi connectivity index (χ0v) is 7.80. The highest BCUT2D eigenvalue weighted by molar-refractivity contribution is 6.29. The minimum Gasteiger partial charge on any atom is -0.453 e. The number of aliphatic hydroxyl groups is 1. The molecule has 3 heteroatoms. The summed E-state index contributed by atoms with van der Waals surface area (Å²) in [6.45, 7) is 3.83. The van der Waals surface area contributed by atoms with E-state index in [-0.39, 0.29) is 5.22 Å². The molecule has 0 radical (unpaired) electrons. The number of allylic oxidation sites excluding steroid dienone is 1. The minimum absolute atomic E-state index is 0.250. The summed E-state index contributed by atoms with van der Waals surface area (Å²) in [6, 6.07) is 1.66. The van der Waals surface area contributed by atoms with Crippen LogP contribution in [-0.4, -0.2) is 5.11 Å². The molecule has 1 heterocycles. The Balaban J connectivity index is 2.85. The summed E-state index contributed by atoms with van der Waals surface area (Å²) in [5, 5.41) is 9.79. The molecule has 0 bridgehead atoms. The summed E-state index contributed by atoms with van der Waals surface area (Å²) in [5.74, 6) is 0. The van der Waals surface area contributed by atoms with Crippen LogP contribution in [0.2, 0.25) is 5.22 Å². The summed E-state index contributed by atoms with van der Waals surface area (Å²) < 4.78 is 4.84. The molecule has 0 aliphatic rings. The second-order valence-electron chi connectivity index (χ2n) is 2.84. The lowest BCUT2D eigenvalue weighted by Crippen LogP contribution is -1.91. The molecular formula is C9H11ClO2. The third-order valence-electron chi connectivity index (χ3n) is 1.46. The van der Waals surface area contributed by atoms with Gasteiger partial charge in [0, 0.05) is 5.56 Å². The molecule has 0 aliphatic carbocycles. The SMILES string of the molecule is CC(C)=CC(O)c1ccoc1Cl. The van der Waals surface area contributed by atoms with Crippen molar-refractivity contribution in [2.75, 3.05) is 0 Å². The molecule has 66 valence electrons. The van der Waals surface area contributed by atoms with Gasteiger partial charge in [0.1, 0.15) is 6.10 Å². The van der Waals surface area contributed by atoms with Gasteiger partial charge in [0.05, 0.1) is 6.26 Å². The molecule has 0 fully saturated rings. The lowest BCUT2D eigenvalue weighted by atomic mass is 10.1. The molecule has 0 aliphatic heterocycles. The maximum absolute atomic E-state index is 9.54. The molecule has 1 atom stereocenters. The normalized spacial score (nSPS) is 12.7. The van der Waals surface area contributed by atoms with Crippen molar-refractivity contribution in [3.8, 4) is 0 Å². The third kappa shape index (κ3) is 2.13. The summed E-state index contributed by atoms with van der Waals surface area (Å²) in [4.78, 5) is 0. The first-order valence-corrected chi connectivity index (χ1v) is 4.05. The fourth-order valence-corrected chi connectivity index (χ4v) is 1.15. The average molecular weight is 187 g/mol. The van der Waals surface area contributed by atoms with Crippen molar-refractivity contribution in [2.24, 2.45) is 0 Å². The lowest BCUT2D eigenvalue weighted by molar-refractivity contribution is 0.227. The third-order valence-corrected chi connectivity index (χ3v) is 1.76. The molecule has 1 N–H and O–H groups in total. The molecule has 2 nitrogen and oxygen atoms in total. The molecule has 1 aromatic heterocycles. The van der Waals surface area contributed by atoms with Gasteiger partial charge < -0.3 is 9.52 Å². The van der Waals surface area contributed by atoms with Crippen molar-refractivity contribution in [1.29, 1.82) is 0 Å². The van der Waals surface area contributed by atoms with Crippen LogP contribution >= 0.6 is 11.6 Å². The van der Waals surface area contributed by atoms with Crippen LogP contribution in [0.25, 0.3) is 0 Å². The molecule has 1 rings (SSSR count). The molecule has 12 heavy (non-hydrogen) atoms. The average Bonchev–Trinajstić information content (AvgIpc) is 2.33. The van der Waals surface area contributed by atoms with Gasteiger partial charge in [-0.15, -0.1) is 0 Å². The molecular weight excluding hydrogens is 176 g/mol. The topological polar surface area (TPSA) is 33.4 Å². The molecule has 1 unspecified atom stereocenters. The van der Waals surface area contributed by atoms with E-state index in [0.29, 0.717) is 5.56 Å². The van der Waals surface area contributed by atoms with E-state index in [2.05, 4.69) is 0 Å². The van der Waals surface area contributed by atoms with Crippen LogP contribution in [0.3, 0.4) is 0 Å². The van der Waals surface area contributed by atoms with Crippen molar-refractivity contribution < 1.29 is 9.52 Å². The summed E-state index contributed by atoms with van der Waals surface area (Å²) in [6.07, 6.45) is 2.51. The van der Waals surface area contributed by atoms with Crippen LogP contribution in [0.5, 0.6) is 0 Å². The van der Waals surface area contributed by atoms with E-state index in [1.807, 2.05) is 13.8 Å². The molecule has 1 aromatic rings. The predicted molar refractivity (Wildman–Crippen MR) is 48.1 cm³/mol. The van der Waals surface area contributed by atoms with E-state index >= 15 is 0 Å². The molecule has 0 spiro atoms. The highest BCUT2D eigenvalue weighted by atomic mass is 35.5. The molecule has 0 saturated heterocycles. The van der Waals surface area contributed by atoms with Gasteiger partial charge in [-0.2, -0.15) is 0 Å². The minimum atomic E-state index is -0.666. The van der Waals surface area contributed by atoms with Gasteiger partial charge in [-0.25, -0.2) is 0 Å². The van der Waals surface area contributed by atoms with Crippen LogP contribution in [0.1, 0.15) is 25.5 Å². The largest absolute Gasteiger partial charge is 0.453 e. The van der Waals surface area contributed by atoms with Crippen LogP contribution in [-0.2, 0) is 0 Å². The zero-order valence-electron chi connectivity index (χ0n) is 7.04. The highest BCUT2D eigenvalue weighted by Gasteiger charge is 2.10. The van der Waals surface area contributed by atoms with Crippen molar-refractivity contribution in [1.82, 2.24) is 0 Å². The standard InChI is InChI=1S/C9H11ClO2/c1-6(2)5-8(11)7-3-4-12-9(7)10/h3-5,8,11H,1-2H3. The first-order valence-electron chi connectivity index (χ1n) is 3.67. The fourth-order valence-electron chi connectivity index (χ4n) is 0.921. The monoisotopic (exact) mass is 186 g/mol. The van der Waals surface area contributed by atoms with E-state index in [1.54, 1.807) is 12.1 Å². The van der Waals surface area contributed by atoms with Crippen LogP contribution in [0, 0.1) is 0 Å². The van der Waals surface area contributed by atoms with Crippen LogP contribution in [0.15, 0.2) is 28.4 Å². The smallest absolute Gasteiger partial charge is 0.199 e. The molecule has 0 saturated carbocycles. The Morgan fingerprint density at radius 3 is 2.75 bits per heavy atom. The summed E-state index contributed by atoms with van der Waals surface area (Å²) in [5.41, 5.74) is 1.65. The maximum atomic E-state index is 9.54. The van der Waals surface area contributed by atoms with E-state index in [1.165, 1.54) is 6.26 Å². The van der Waals surface area contributed by atoms with Gasteiger partial charge in [0.15, 0.2) is 5.22 Å². The van der Waals surface area contributed by atoms with Crippen molar-refractivity contribution in [3.63, 3.8) is 0 Å². The number of aliphatic hydroxyl groups excluding tert-OH is 1. The van der Waals surface area contributed by atoms with Gasteiger partial charge >= 0.3 is 0 Å². The zero-order chi connectivity index (χ0) is 9.14. The predicted octanol–water partition coefficient (Wildman–Crippen LogP) is 2.93. The number of halogens is 1. The first kappa shape index (κ1) is 9.36. The van der Waals surface area contributed by atoms with Crippen LogP contribution in [0.4, 0.5) is 0 Å². The number of hydrogen-bond donors (Lipinski definition) is 1. The second-order valence-corrected chi connectivity index (χ2v) is 3.18. The van der Waals surface area contributed by atoms with Crippen molar-refractivity contribution >= 4 is 11.6 Å². The Morgan fingerprint density at radius 1 is 1.67 bits per heavy atom. The Hall–Kier alpha value is -0.730. The Bertz CT molecular complexity index is 284. The van der Waals surface area contributed by atoms with E-state index < -0.39 is 6.10 Å². The van der Waals surface area contributed by atoms with Gasteiger partial charge in [0.25, 0.3) is 0 Å². The van der Waals surface area contributed by atoms with E-state index in [0.717, 1.165) is 5.57 Å². The van der Waals surface area contributed by atoms with Gasteiger partial charge in [-0.1, -0.05) is 11.6 Å². The van der Waals surface area contributed by atoms with Gasteiger partial charge in [-0.3, -0.25) is 0 Å². The Kier molecular flexibility index (Phi) is 2.95. The van der Waals surface area contributed by atoms with Gasteiger partial charge in [0.2, 0.25) is 0 Å². The summed E-state index contributed by atoms with van der Waals surface area (Å²) >= 11 is 5.66. The highest BCUT2D eigenvalue weighted by Crippen LogP contribution is 2.25. The Morgan fingerprint density at radius 2 is 2.33 bits per heavy atom. The second kappa shape index (κ2) is 3.78. The van der Waals surface area contributed by atoms with Crippen molar-refractivity contribution in [2.45, 2.75) is 20.0 Å².